The molecule has 4 aliphatic rings. The van der Waals surface area contributed by atoms with Crippen LogP contribution in [0.4, 0.5) is 0 Å². The van der Waals surface area contributed by atoms with Gasteiger partial charge in [0.1, 0.15) is 0 Å². The van der Waals surface area contributed by atoms with Gasteiger partial charge in [-0.2, -0.15) is 5.26 Å². The predicted octanol–water partition coefficient (Wildman–Crippen LogP) is 2.69. The molecule has 0 radical (unpaired) electrons. The second kappa shape index (κ2) is 3.07. The minimum atomic E-state index is -0.0511. The minimum Gasteiger partial charge on any atom is -0.298 e. The Bertz CT molecular complexity index is 304. The van der Waals surface area contributed by atoms with Gasteiger partial charge in [0.25, 0.3) is 0 Å². The first-order valence-corrected chi connectivity index (χ1v) is 6.12. The van der Waals surface area contributed by atoms with Crippen molar-refractivity contribution in [2.45, 2.75) is 44.9 Å². The number of hydrogen-bond donors (Lipinski definition) is 0. The Balaban J connectivity index is 1.87. The van der Waals surface area contributed by atoms with Crippen LogP contribution >= 0.6 is 0 Å². The molecule has 0 unspecified atom stereocenters. The van der Waals surface area contributed by atoms with Crippen molar-refractivity contribution in [3.63, 3.8) is 0 Å². The summed E-state index contributed by atoms with van der Waals surface area (Å²) in [7, 11) is 0. The highest BCUT2D eigenvalue weighted by Gasteiger charge is 2.53. The van der Waals surface area contributed by atoms with Crippen molar-refractivity contribution in [3.05, 3.63) is 0 Å². The zero-order valence-corrected chi connectivity index (χ0v) is 9.04. The number of rotatable bonds is 2. The van der Waals surface area contributed by atoms with Gasteiger partial charge in [-0.15, -0.1) is 0 Å². The fraction of sp³-hybridized carbons (Fsp3) is 0.846. The molecule has 0 saturated heterocycles. The Morgan fingerprint density at radius 1 is 1.13 bits per heavy atom. The van der Waals surface area contributed by atoms with Gasteiger partial charge in [-0.1, -0.05) is 0 Å². The average molecular weight is 203 g/mol. The highest BCUT2D eigenvalue weighted by molar-refractivity contribution is 5.87. The quantitative estimate of drug-likeness (QED) is 0.692. The normalized spacial score (nSPS) is 46.5. The van der Waals surface area contributed by atoms with Crippen molar-refractivity contribution in [1.82, 2.24) is 0 Å². The van der Waals surface area contributed by atoms with Crippen molar-refractivity contribution in [2.24, 2.45) is 23.2 Å². The summed E-state index contributed by atoms with van der Waals surface area (Å²) < 4.78 is 0. The molecule has 4 rings (SSSR count). The molecule has 4 aliphatic carbocycles. The van der Waals surface area contributed by atoms with Crippen LogP contribution in [0.25, 0.3) is 0 Å². The lowest BCUT2D eigenvalue weighted by atomic mass is 9.48. The highest BCUT2D eigenvalue weighted by Crippen LogP contribution is 2.60. The van der Waals surface area contributed by atoms with E-state index in [-0.39, 0.29) is 17.6 Å². The van der Waals surface area contributed by atoms with E-state index < -0.39 is 0 Å². The fourth-order valence-electron chi connectivity index (χ4n) is 4.71. The van der Waals surface area contributed by atoms with Gasteiger partial charge < -0.3 is 0 Å². The Kier molecular flexibility index (Phi) is 1.92. The molecule has 2 heteroatoms. The lowest BCUT2D eigenvalue weighted by Gasteiger charge is -2.55. The monoisotopic (exact) mass is 203 g/mol. The molecular weight excluding hydrogens is 186 g/mol. The molecule has 2 nitrogen and oxygen atoms in total. The van der Waals surface area contributed by atoms with Crippen molar-refractivity contribution in [3.8, 4) is 6.07 Å². The number of carbonyl (C=O) groups is 1. The second-order valence-corrected chi connectivity index (χ2v) is 5.96. The highest BCUT2D eigenvalue weighted by atomic mass is 16.1. The van der Waals surface area contributed by atoms with Gasteiger partial charge in [0.05, 0.1) is 12.5 Å². The van der Waals surface area contributed by atoms with E-state index in [1.807, 2.05) is 6.07 Å². The lowest BCUT2D eigenvalue weighted by molar-refractivity contribution is -0.142. The van der Waals surface area contributed by atoms with Crippen LogP contribution in [0.15, 0.2) is 0 Å². The van der Waals surface area contributed by atoms with E-state index in [4.69, 9.17) is 5.26 Å². The van der Waals surface area contributed by atoms with E-state index in [0.29, 0.717) is 0 Å². The van der Waals surface area contributed by atoms with Crippen LogP contribution in [-0.4, -0.2) is 5.78 Å². The van der Waals surface area contributed by atoms with E-state index in [1.165, 1.54) is 19.3 Å². The third-order valence-corrected chi connectivity index (χ3v) is 4.87. The second-order valence-electron chi connectivity index (χ2n) is 5.96. The van der Waals surface area contributed by atoms with Crippen LogP contribution in [0.2, 0.25) is 0 Å². The van der Waals surface area contributed by atoms with Crippen molar-refractivity contribution in [2.75, 3.05) is 0 Å². The third kappa shape index (κ3) is 1.33. The Morgan fingerprint density at radius 2 is 1.60 bits per heavy atom. The Labute approximate surface area is 90.7 Å². The smallest absolute Gasteiger partial charge is 0.153 e. The number of nitriles is 1. The molecule has 0 heterocycles. The van der Waals surface area contributed by atoms with Gasteiger partial charge in [0, 0.05) is 5.41 Å². The van der Waals surface area contributed by atoms with Gasteiger partial charge in [-0.25, -0.2) is 0 Å². The first-order valence-electron chi connectivity index (χ1n) is 6.12. The maximum atomic E-state index is 12.1. The average Bonchev–Trinajstić information content (AvgIpc) is 2.15. The first-order chi connectivity index (χ1) is 7.22. The zero-order chi connectivity index (χ0) is 10.5. The third-order valence-electron chi connectivity index (χ3n) is 4.87. The van der Waals surface area contributed by atoms with E-state index in [2.05, 4.69) is 0 Å². The molecule has 4 saturated carbocycles. The van der Waals surface area contributed by atoms with E-state index >= 15 is 0 Å². The SMILES string of the molecule is N#CCC(=O)C12CC3CC(CC(C3)C1)C2. The summed E-state index contributed by atoms with van der Waals surface area (Å²) in [6, 6.07) is 2.04. The number of carbonyl (C=O) groups excluding carboxylic acids is 1. The summed E-state index contributed by atoms with van der Waals surface area (Å²) >= 11 is 0. The minimum absolute atomic E-state index is 0.0511. The van der Waals surface area contributed by atoms with Gasteiger partial charge in [-0.3, -0.25) is 4.79 Å². The molecule has 0 amide bonds. The molecule has 0 N–H and O–H groups in total. The van der Waals surface area contributed by atoms with Crippen molar-refractivity contribution in [1.29, 1.82) is 5.26 Å². The molecule has 0 aliphatic heterocycles. The molecule has 0 aromatic rings. The number of Topliss-reactive ketones (excluding diaryl/α,β-unsaturated/α-hetero) is 1. The summed E-state index contributed by atoms with van der Waals surface area (Å²) in [5, 5.41) is 8.67. The van der Waals surface area contributed by atoms with Crippen LogP contribution in [-0.2, 0) is 4.79 Å². The lowest BCUT2D eigenvalue weighted by Crippen LogP contribution is -2.49. The topological polar surface area (TPSA) is 40.9 Å². The number of ketones is 1. The van der Waals surface area contributed by atoms with Crippen LogP contribution in [0, 0.1) is 34.5 Å². The maximum absolute atomic E-state index is 12.1. The Hall–Kier alpha value is -0.840. The fourth-order valence-corrected chi connectivity index (χ4v) is 4.71. The van der Waals surface area contributed by atoms with Gasteiger partial charge >= 0.3 is 0 Å². The number of hydrogen-bond acceptors (Lipinski definition) is 2. The molecule has 0 aromatic carbocycles. The first kappa shape index (κ1) is 9.39. The standard InChI is InChI=1S/C13H17NO/c14-2-1-12(15)13-6-9-3-10(7-13)5-11(4-9)8-13/h9-11H,1,3-8H2. The van der Waals surface area contributed by atoms with E-state index in [1.54, 1.807) is 0 Å². The molecular formula is C13H17NO. The molecule has 0 spiro atoms. The summed E-state index contributed by atoms with van der Waals surface area (Å²) in [5.41, 5.74) is -0.0511. The Morgan fingerprint density at radius 3 is 2.00 bits per heavy atom. The van der Waals surface area contributed by atoms with Gasteiger partial charge in [0.2, 0.25) is 0 Å². The largest absolute Gasteiger partial charge is 0.298 e. The summed E-state index contributed by atoms with van der Waals surface area (Å²) in [4.78, 5) is 12.1. The van der Waals surface area contributed by atoms with E-state index in [9.17, 15) is 4.79 Å². The molecule has 4 fully saturated rings. The molecule has 15 heavy (non-hydrogen) atoms. The number of nitrogens with zero attached hydrogens (tertiary/aromatic N) is 1. The van der Waals surface area contributed by atoms with Crippen LogP contribution < -0.4 is 0 Å². The van der Waals surface area contributed by atoms with Crippen molar-refractivity contribution >= 4 is 5.78 Å². The zero-order valence-electron chi connectivity index (χ0n) is 9.04. The molecule has 0 atom stereocenters. The van der Waals surface area contributed by atoms with Crippen LogP contribution in [0.1, 0.15) is 44.9 Å². The summed E-state index contributed by atoms with van der Waals surface area (Å²) in [6.07, 6.45) is 7.52. The van der Waals surface area contributed by atoms with Gasteiger partial charge in [-0.05, 0) is 56.3 Å². The van der Waals surface area contributed by atoms with Crippen LogP contribution in [0.5, 0.6) is 0 Å². The van der Waals surface area contributed by atoms with Crippen LogP contribution in [0.3, 0.4) is 0 Å². The molecule has 4 bridgehead atoms. The van der Waals surface area contributed by atoms with E-state index in [0.717, 1.165) is 37.0 Å². The maximum Gasteiger partial charge on any atom is 0.153 e. The predicted molar refractivity (Wildman–Crippen MR) is 55.8 cm³/mol. The molecule has 0 aromatic heterocycles. The summed E-state index contributed by atoms with van der Waals surface area (Å²) in [6.45, 7) is 0. The molecule has 80 valence electrons. The van der Waals surface area contributed by atoms with Crippen molar-refractivity contribution < 1.29 is 4.79 Å². The van der Waals surface area contributed by atoms with Gasteiger partial charge in [0.15, 0.2) is 5.78 Å². The summed E-state index contributed by atoms with van der Waals surface area (Å²) in [5.74, 6) is 2.67.